The summed E-state index contributed by atoms with van der Waals surface area (Å²) in [4.78, 5) is 4.28. The van der Waals surface area contributed by atoms with Crippen molar-refractivity contribution in [2.75, 3.05) is 0 Å². The highest BCUT2D eigenvalue weighted by Gasteiger charge is 2.18. The summed E-state index contributed by atoms with van der Waals surface area (Å²) in [6.07, 6.45) is 1.91. The Labute approximate surface area is 159 Å². The minimum Gasteiger partial charge on any atom is -0.359 e. The normalized spacial score (nSPS) is 11.0. The van der Waals surface area contributed by atoms with Gasteiger partial charge in [-0.1, -0.05) is 58.2 Å². The van der Waals surface area contributed by atoms with Gasteiger partial charge in [0.25, 0.3) is 0 Å². The summed E-state index contributed by atoms with van der Waals surface area (Å²) in [6, 6.07) is 14.3. The minimum atomic E-state index is 0.296. The summed E-state index contributed by atoms with van der Waals surface area (Å²) >= 11 is 18.0. The Kier molecular flexibility index (Phi) is 5.40. The maximum Gasteiger partial charge on any atom is 0.160 e. The lowest BCUT2D eigenvalue weighted by Crippen LogP contribution is -1.89. The van der Waals surface area contributed by atoms with Crippen LogP contribution in [0.2, 0.25) is 15.1 Å². The van der Waals surface area contributed by atoms with E-state index in [4.69, 9.17) is 39.3 Å². The third-order valence-corrected chi connectivity index (χ3v) is 4.13. The molecule has 4 nitrogen and oxygen atoms in total. The van der Waals surface area contributed by atoms with E-state index in [0.717, 1.165) is 0 Å². The Morgan fingerprint density at radius 1 is 1.12 bits per heavy atom. The fourth-order valence-electron chi connectivity index (χ4n) is 2.26. The zero-order valence-corrected chi connectivity index (χ0v) is 15.0. The van der Waals surface area contributed by atoms with Crippen LogP contribution < -0.4 is 0 Å². The van der Waals surface area contributed by atoms with Gasteiger partial charge in [-0.25, -0.2) is 0 Å². The maximum atomic E-state index is 9.46. The van der Waals surface area contributed by atoms with Gasteiger partial charge in [-0.15, -0.1) is 0 Å². The molecule has 3 rings (SSSR count). The van der Waals surface area contributed by atoms with Crippen LogP contribution in [0.3, 0.4) is 0 Å². The molecule has 3 aromatic rings. The van der Waals surface area contributed by atoms with Crippen molar-refractivity contribution in [2.24, 2.45) is 4.99 Å². The first kappa shape index (κ1) is 17.5. The zero-order chi connectivity index (χ0) is 17.8. The molecular weight excluding hydrogens is 381 g/mol. The van der Waals surface area contributed by atoms with Gasteiger partial charge >= 0.3 is 0 Å². The molecule has 0 fully saturated rings. The van der Waals surface area contributed by atoms with E-state index in [-0.39, 0.29) is 0 Å². The quantitative estimate of drug-likeness (QED) is 0.504. The molecule has 0 saturated carbocycles. The average molecular weight is 391 g/mol. The molecule has 25 heavy (non-hydrogen) atoms. The van der Waals surface area contributed by atoms with Crippen LogP contribution in [-0.4, -0.2) is 11.4 Å². The number of aromatic nitrogens is 1. The predicted molar refractivity (Wildman–Crippen MR) is 100.0 cm³/mol. The average Bonchev–Trinajstić information content (AvgIpc) is 2.97. The Hall–Kier alpha value is -2.32. The van der Waals surface area contributed by atoms with Crippen molar-refractivity contribution in [1.82, 2.24) is 5.16 Å². The summed E-state index contributed by atoms with van der Waals surface area (Å²) in [5, 5.41) is 14.9. The Morgan fingerprint density at radius 2 is 1.84 bits per heavy atom. The second-order valence-corrected chi connectivity index (χ2v) is 6.34. The number of benzene rings is 2. The molecule has 7 heteroatoms. The highest BCUT2D eigenvalue weighted by atomic mass is 35.5. The van der Waals surface area contributed by atoms with Gasteiger partial charge in [0, 0.05) is 28.2 Å². The van der Waals surface area contributed by atoms with Crippen LogP contribution in [0.1, 0.15) is 11.3 Å². The topological polar surface area (TPSA) is 62.2 Å². The zero-order valence-electron chi connectivity index (χ0n) is 12.7. The van der Waals surface area contributed by atoms with Crippen LogP contribution in [-0.2, 0) is 6.42 Å². The second kappa shape index (κ2) is 7.71. The SMILES string of the molecule is N#Cc1c(-c2ccccc2Cl)noc1CC=Nc1cc(Cl)cc(Cl)c1. The van der Waals surface area contributed by atoms with Crippen molar-refractivity contribution in [3.05, 3.63) is 68.9 Å². The first-order chi connectivity index (χ1) is 12.1. The van der Waals surface area contributed by atoms with Crippen LogP contribution in [0, 0.1) is 11.3 Å². The lowest BCUT2D eigenvalue weighted by atomic mass is 10.1. The molecular formula is C18H10Cl3N3O. The van der Waals surface area contributed by atoms with Crippen molar-refractivity contribution in [2.45, 2.75) is 6.42 Å². The fourth-order valence-corrected chi connectivity index (χ4v) is 3.00. The van der Waals surface area contributed by atoms with E-state index < -0.39 is 0 Å². The molecule has 0 saturated heterocycles. The molecule has 0 amide bonds. The number of nitriles is 1. The third-order valence-electron chi connectivity index (χ3n) is 3.37. The predicted octanol–water partition coefficient (Wildman–Crippen LogP) is 6.12. The molecule has 0 spiro atoms. The van der Waals surface area contributed by atoms with E-state index in [1.54, 1.807) is 36.5 Å². The van der Waals surface area contributed by atoms with Gasteiger partial charge in [0.1, 0.15) is 17.3 Å². The first-order valence-corrected chi connectivity index (χ1v) is 8.34. The molecule has 1 heterocycles. The molecule has 2 aromatic carbocycles. The largest absolute Gasteiger partial charge is 0.359 e. The fraction of sp³-hybridized carbons (Fsp3) is 0.0556. The highest BCUT2D eigenvalue weighted by molar-refractivity contribution is 6.35. The van der Waals surface area contributed by atoms with E-state index in [2.05, 4.69) is 16.2 Å². The molecule has 0 atom stereocenters. The van der Waals surface area contributed by atoms with Crippen molar-refractivity contribution >= 4 is 46.7 Å². The summed E-state index contributed by atoms with van der Waals surface area (Å²) in [7, 11) is 0. The Bertz CT molecular complexity index is 969. The van der Waals surface area contributed by atoms with Crippen molar-refractivity contribution in [1.29, 1.82) is 5.26 Å². The molecule has 0 unspecified atom stereocenters. The number of halogens is 3. The number of rotatable bonds is 4. The first-order valence-electron chi connectivity index (χ1n) is 7.20. The lowest BCUT2D eigenvalue weighted by molar-refractivity contribution is 0.395. The molecule has 0 aliphatic heterocycles. The van der Waals surface area contributed by atoms with E-state index in [9.17, 15) is 5.26 Å². The van der Waals surface area contributed by atoms with Gasteiger partial charge < -0.3 is 4.52 Å². The van der Waals surface area contributed by atoms with Gasteiger partial charge in [-0.05, 0) is 24.3 Å². The summed E-state index contributed by atoms with van der Waals surface area (Å²) < 4.78 is 5.31. The van der Waals surface area contributed by atoms with E-state index >= 15 is 0 Å². The highest BCUT2D eigenvalue weighted by Crippen LogP contribution is 2.31. The smallest absolute Gasteiger partial charge is 0.160 e. The van der Waals surface area contributed by atoms with E-state index in [1.807, 2.05) is 12.1 Å². The molecule has 0 N–H and O–H groups in total. The standard InChI is InChI=1S/C18H10Cl3N3O/c19-11-7-12(20)9-13(8-11)23-6-5-17-15(10-22)18(24-25-17)14-3-1-2-4-16(14)21/h1-4,6-9H,5H2. The molecule has 1 aromatic heterocycles. The monoisotopic (exact) mass is 389 g/mol. The van der Waals surface area contributed by atoms with Crippen LogP contribution in [0.4, 0.5) is 5.69 Å². The Morgan fingerprint density at radius 3 is 2.52 bits per heavy atom. The molecule has 124 valence electrons. The summed E-state index contributed by atoms with van der Waals surface area (Å²) in [5.41, 5.74) is 2.02. The number of nitrogens with zero attached hydrogens (tertiary/aromatic N) is 3. The van der Waals surface area contributed by atoms with Gasteiger partial charge in [0.05, 0.1) is 10.7 Å². The van der Waals surface area contributed by atoms with E-state index in [0.29, 0.717) is 49.8 Å². The van der Waals surface area contributed by atoms with Crippen molar-refractivity contribution in [3.8, 4) is 17.3 Å². The van der Waals surface area contributed by atoms with Crippen LogP contribution in [0.15, 0.2) is 52.0 Å². The van der Waals surface area contributed by atoms with E-state index in [1.165, 1.54) is 0 Å². The molecule has 0 aliphatic rings. The minimum absolute atomic E-state index is 0.296. The summed E-state index contributed by atoms with van der Waals surface area (Å²) in [5.74, 6) is 0.411. The van der Waals surface area contributed by atoms with Gasteiger partial charge in [-0.2, -0.15) is 5.26 Å². The van der Waals surface area contributed by atoms with Crippen molar-refractivity contribution in [3.63, 3.8) is 0 Å². The third kappa shape index (κ3) is 4.02. The van der Waals surface area contributed by atoms with Gasteiger partial charge in [0.2, 0.25) is 0 Å². The summed E-state index contributed by atoms with van der Waals surface area (Å²) in [6.45, 7) is 0. The van der Waals surface area contributed by atoms with Gasteiger partial charge in [0.15, 0.2) is 5.76 Å². The molecule has 0 bridgehead atoms. The van der Waals surface area contributed by atoms with Crippen molar-refractivity contribution < 1.29 is 4.52 Å². The number of hydrogen-bond donors (Lipinski definition) is 0. The Balaban J connectivity index is 1.86. The molecule has 0 radical (unpaired) electrons. The maximum absolute atomic E-state index is 9.46. The van der Waals surface area contributed by atoms with Gasteiger partial charge in [-0.3, -0.25) is 4.99 Å². The lowest BCUT2D eigenvalue weighted by Gasteiger charge is -1.99. The number of hydrogen-bond acceptors (Lipinski definition) is 4. The second-order valence-electron chi connectivity index (χ2n) is 5.06. The number of aliphatic imine (C=N–C) groups is 1. The van der Waals surface area contributed by atoms with Crippen LogP contribution in [0.25, 0.3) is 11.3 Å². The molecule has 0 aliphatic carbocycles. The van der Waals surface area contributed by atoms with Crippen LogP contribution in [0.5, 0.6) is 0 Å². The van der Waals surface area contributed by atoms with Crippen LogP contribution >= 0.6 is 34.8 Å².